The molecule has 30 heavy (non-hydrogen) atoms. The number of benzene rings is 2. The molecule has 2 unspecified atom stereocenters. The summed E-state index contributed by atoms with van der Waals surface area (Å²) in [6.07, 6.45) is 0.828. The Morgan fingerprint density at radius 1 is 0.867 bits per heavy atom. The average Bonchev–Trinajstić information content (AvgIpc) is 2.75. The van der Waals surface area contributed by atoms with Crippen molar-refractivity contribution in [3.63, 3.8) is 0 Å². The molecule has 6 heteroatoms. The van der Waals surface area contributed by atoms with Crippen LogP contribution < -0.4 is 5.32 Å². The maximum atomic E-state index is 12.1. The molecule has 6 nitrogen and oxygen atoms in total. The molecule has 0 saturated heterocycles. The smallest absolute Gasteiger partial charge is 0.396 e. The normalized spacial score (nSPS) is 12.5. The van der Waals surface area contributed by atoms with Crippen LogP contribution >= 0.6 is 0 Å². The van der Waals surface area contributed by atoms with Crippen molar-refractivity contribution in [1.29, 1.82) is 0 Å². The van der Waals surface area contributed by atoms with Gasteiger partial charge in [0.2, 0.25) is 0 Å². The van der Waals surface area contributed by atoms with Crippen LogP contribution in [-0.2, 0) is 30.3 Å². The number of amides is 1. The standard InChI is InChI=1S/C24H29NO5/c1-4-29-23(27)17(3)15-21(25-22(26)24(28)30-5-2)16-18-11-13-20(14-12-18)19-9-7-6-8-10-19/h6-14,17,21H,4-5,15-16H2,1-3H3,(H,25,26). The van der Waals surface area contributed by atoms with Crippen molar-refractivity contribution >= 4 is 17.8 Å². The molecular weight excluding hydrogens is 382 g/mol. The van der Waals surface area contributed by atoms with Gasteiger partial charge in [-0.05, 0) is 43.4 Å². The Morgan fingerprint density at radius 2 is 1.47 bits per heavy atom. The molecule has 0 aliphatic heterocycles. The lowest BCUT2D eigenvalue weighted by molar-refractivity contribution is -0.155. The van der Waals surface area contributed by atoms with Crippen LogP contribution in [0.25, 0.3) is 11.1 Å². The molecule has 160 valence electrons. The lowest BCUT2D eigenvalue weighted by Crippen LogP contribution is -2.42. The van der Waals surface area contributed by atoms with Gasteiger partial charge in [0.15, 0.2) is 0 Å². The van der Waals surface area contributed by atoms with Crippen molar-refractivity contribution in [2.75, 3.05) is 13.2 Å². The van der Waals surface area contributed by atoms with Crippen molar-refractivity contribution in [2.45, 2.75) is 39.7 Å². The molecule has 2 atom stereocenters. The van der Waals surface area contributed by atoms with Crippen LogP contribution in [0.5, 0.6) is 0 Å². The first-order valence-electron chi connectivity index (χ1n) is 10.2. The Labute approximate surface area is 177 Å². The Bertz CT molecular complexity index is 832. The molecule has 2 aromatic rings. The molecule has 0 fully saturated rings. The first-order chi connectivity index (χ1) is 14.4. The summed E-state index contributed by atoms with van der Waals surface area (Å²) in [5, 5.41) is 2.70. The molecule has 0 aliphatic rings. The highest BCUT2D eigenvalue weighted by molar-refractivity contribution is 6.32. The van der Waals surface area contributed by atoms with Gasteiger partial charge in [-0.15, -0.1) is 0 Å². The molecule has 0 heterocycles. The third-order valence-electron chi connectivity index (χ3n) is 4.67. The maximum absolute atomic E-state index is 12.1. The second kappa shape index (κ2) is 11.8. The number of nitrogens with one attached hydrogen (secondary N) is 1. The Kier molecular flexibility index (Phi) is 9.06. The van der Waals surface area contributed by atoms with Gasteiger partial charge < -0.3 is 14.8 Å². The van der Waals surface area contributed by atoms with Gasteiger partial charge >= 0.3 is 17.8 Å². The summed E-state index contributed by atoms with van der Waals surface area (Å²) in [6, 6.07) is 17.6. The number of hydrogen-bond donors (Lipinski definition) is 1. The number of carbonyl (C=O) groups is 3. The monoisotopic (exact) mass is 411 g/mol. The zero-order valence-electron chi connectivity index (χ0n) is 17.7. The topological polar surface area (TPSA) is 81.7 Å². The number of esters is 2. The fourth-order valence-electron chi connectivity index (χ4n) is 3.19. The van der Waals surface area contributed by atoms with E-state index < -0.39 is 23.8 Å². The highest BCUT2D eigenvalue weighted by Gasteiger charge is 2.24. The van der Waals surface area contributed by atoms with Gasteiger partial charge in [0, 0.05) is 6.04 Å². The van der Waals surface area contributed by atoms with Crippen molar-refractivity contribution < 1.29 is 23.9 Å². The minimum absolute atomic E-state index is 0.122. The van der Waals surface area contributed by atoms with Crippen LogP contribution in [0.15, 0.2) is 54.6 Å². The molecule has 1 N–H and O–H groups in total. The highest BCUT2D eigenvalue weighted by atomic mass is 16.5. The third-order valence-corrected chi connectivity index (χ3v) is 4.67. The van der Waals surface area contributed by atoms with Crippen molar-refractivity contribution in [3.8, 4) is 11.1 Å². The van der Waals surface area contributed by atoms with Gasteiger partial charge in [0.25, 0.3) is 0 Å². The van der Waals surface area contributed by atoms with E-state index in [-0.39, 0.29) is 12.6 Å². The molecular formula is C24H29NO5. The summed E-state index contributed by atoms with van der Waals surface area (Å²) in [6.45, 7) is 5.56. The first kappa shape index (κ1) is 23.1. The van der Waals surface area contributed by atoms with E-state index >= 15 is 0 Å². The minimum Gasteiger partial charge on any atom is -0.466 e. The van der Waals surface area contributed by atoms with E-state index in [9.17, 15) is 14.4 Å². The zero-order chi connectivity index (χ0) is 21.9. The quantitative estimate of drug-likeness (QED) is 0.504. The molecule has 0 bridgehead atoms. The summed E-state index contributed by atoms with van der Waals surface area (Å²) in [5.41, 5.74) is 3.19. The molecule has 0 aliphatic carbocycles. The van der Waals surface area contributed by atoms with E-state index in [1.165, 1.54) is 0 Å². The van der Waals surface area contributed by atoms with Gasteiger partial charge in [0.1, 0.15) is 0 Å². The fourth-order valence-corrected chi connectivity index (χ4v) is 3.19. The molecule has 0 aromatic heterocycles. The van der Waals surface area contributed by atoms with E-state index in [1.807, 2.05) is 54.6 Å². The lowest BCUT2D eigenvalue weighted by atomic mass is 9.95. The number of ether oxygens (including phenoxy) is 2. The largest absolute Gasteiger partial charge is 0.466 e. The van der Waals surface area contributed by atoms with Crippen LogP contribution in [0.1, 0.15) is 32.8 Å². The summed E-state index contributed by atoms with van der Waals surface area (Å²) < 4.78 is 9.84. The Morgan fingerprint density at radius 3 is 2.07 bits per heavy atom. The van der Waals surface area contributed by atoms with Crippen molar-refractivity contribution in [1.82, 2.24) is 5.32 Å². The summed E-state index contributed by atoms with van der Waals surface area (Å²) in [4.78, 5) is 35.9. The van der Waals surface area contributed by atoms with Gasteiger partial charge in [-0.1, -0.05) is 61.5 Å². The first-order valence-corrected chi connectivity index (χ1v) is 10.2. The predicted octanol–water partition coefficient (Wildman–Crippen LogP) is 3.53. The van der Waals surface area contributed by atoms with Crippen LogP contribution in [0.3, 0.4) is 0 Å². The Hall–Kier alpha value is -3.15. The van der Waals surface area contributed by atoms with Crippen LogP contribution in [0, 0.1) is 5.92 Å². The number of rotatable bonds is 9. The number of hydrogen-bond acceptors (Lipinski definition) is 5. The molecule has 2 rings (SSSR count). The fraction of sp³-hybridized carbons (Fsp3) is 0.375. The van der Waals surface area contributed by atoms with E-state index in [1.54, 1.807) is 20.8 Å². The second-order valence-corrected chi connectivity index (χ2v) is 7.05. The van der Waals surface area contributed by atoms with E-state index in [4.69, 9.17) is 9.47 Å². The average molecular weight is 411 g/mol. The van der Waals surface area contributed by atoms with Crippen LogP contribution in [-0.4, -0.2) is 37.1 Å². The van der Waals surface area contributed by atoms with E-state index in [0.717, 1.165) is 16.7 Å². The second-order valence-electron chi connectivity index (χ2n) is 7.05. The SMILES string of the molecule is CCOC(=O)C(=O)NC(Cc1ccc(-c2ccccc2)cc1)CC(C)C(=O)OCC. The van der Waals surface area contributed by atoms with Crippen molar-refractivity contribution in [2.24, 2.45) is 5.92 Å². The van der Waals surface area contributed by atoms with Gasteiger partial charge in [-0.2, -0.15) is 0 Å². The molecule has 0 saturated carbocycles. The summed E-state index contributed by atoms with van der Waals surface area (Å²) in [7, 11) is 0. The van der Waals surface area contributed by atoms with Crippen LogP contribution in [0.2, 0.25) is 0 Å². The molecule has 1 amide bonds. The summed E-state index contributed by atoms with van der Waals surface area (Å²) >= 11 is 0. The predicted molar refractivity (Wildman–Crippen MR) is 115 cm³/mol. The number of carbonyl (C=O) groups excluding carboxylic acids is 3. The molecule has 0 spiro atoms. The molecule has 0 radical (unpaired) electrons. The highest BCUT2D eigenvalue weighted by Crippen LogP contribution is 2.21. The van der Waals surface area contributed by atoms with Crippen molar-refractivity contribution in [3.05, 3.63) is 60.2 Å². The third kappa shape index (κ3) is 7.03. The van der Waals surface area contributed by atoms with Crippen LogP contribution in [0.4, 0.5) is 0 Å². The molecule has 2 aromatic carbocycles. The Balaban J connectivity index is 2.11. The van der Waals surface area contributed by atoms with E-state index in [0.29, 0.717) is 19.4 Å². The van der Waals surface area contributed by atoms with Gasteiger partial charge in [-0.25, -0.2) is 4.79 Å². The zero-order valence-corrected chi connectivity index (χ0v) is 17.7. The van der Waals surface area contributed by atoms with Gasteiger partial charge in [-0.3, -0.25) is 9.59 Å². The van der Waals surface area contributed by atoms with E-state index in [2.05, 4.69) is 5.32 Å². The lowest BCUT2D eigenvalue weighted by Gasteiger charge is -2.21. The minimum atomic E-state index is -0.925. The summed E-state index contributed by atoms with van der Waals surface area (Å²) in [5.74, 6) is -2.47. The maximum Gasteiger partial charge on any atom is 0.396 e. The van der Waals surface area contributed by atoms with Gasteiger partial charge in [0.05, 0.1) is 19.1 Å².